The summed E-state index contributed by atoms with van der Waals surface area (Å²) in [6.07, 6.45) is 1.78. The van der Waals surface area contributed by atoms with E-state index in [2.05, 4.69) is 4.99 Å². The molecule has 0 aliphatic carbocycles. The van der Waals surface area contributed by atoms with Crippen LogP contribution in [0.4, 0.5) is 0 Å². The molecule has 4 aromatic rings. The Morgan fingerprint density at radius 2 is 1.98 bits per heavy atom. The third kappa shape index (κ3) is 5.60. The summed E-state index contributed by atoms with van der Waals surface area (Å²) in [5, 5.41) is 2.98. The number of carbonyl (C=O) groups excluding carboxylic acids is 1. The molecule has 206 valence electrons. The van der Waals surface area contributed by atoms with E-state index in [1.807, 2.05) is 29.6 Å². The van der Waals surface area contributed by atoms with Gasteiger partial charge >= 0.3 is 5.97 Å². The van der Waals surface area contributed by atoms with Gasteiger partial charge < -0.3 is 14.2 Å². The van der Waals surface area contributed by atoms with E-state index in [1.165, 1.54) is 22.7 Å². The SMILES string of the molecule is CCOC(=O)C1=C(C)N=c2s/c(=C\c3ccc(OCc4ccc(Cl)cc4Cl)c(OC)c3)c(=O)n2[C@@H]1c1cccs1. The lowest BCUT2D eigenvalue weighted by atomic mass is 10.0. The number of hydrogen-bond acceptors (Lipinski definition) is 8. The average molecular weight is 616 g/mol. The molecule has 3 heterocycles. The van der Waals surface area contributed by atoms with E-state index in [0.29, 0.717) is 42.1 Å². The molecule has 5 rings (SSSR count). The molecule has 2 aromatic heterocycles. The molecule has 40 heavy (non-hydrogen) atoms. The lowest BCUT2D eigenvalue weighted by molar-refractivity contribution is -0.139. The molecule has 0 radical (unpaired) electrons. The van der Waals surface area contributed by atoms with Gasteiger partial charge in [0.05, 0.1) is 29.5 Å². The van der Waals surface area contributed by atoms with Gasteiger partial charge in [0.25, 0.3) is 5.56 Å². The summed E-state index contributed by atoms with van der Waals surface area (Å²) in [6, 6.07) is 13.8. The molecular formula is C29H24Cl2N2O5S2. The second-order valence-corrected chi connectivity index (χ2v) is 11.6. The maximum atomic E-state index is 13.7. The van der Waals surface area contributed by atoms with E-state index in [9.17, 15) is 9.59 Å². The zero-order valence-electron chi connectivity index (χ0n) is 21.8. The summed E-state index contributed by atoms with van der Waals surface area (Å²) >= 11 is 15.0. The number of thiazole rings is 1. The minimum Gasteiger partial charge on any atom is -0.493 e. The van der Waals surface area contributed by atoms with Crippen LogP contribution in [0.5, 0.6) is 11.5 Å². The molecule has 0 saturated carbocycles. The first-order valence-electron chi connectivity index (χ1n) is 12.3. The normalized spacial score (nSPS) is 15.0. The van der Waals surface area contributed by atoms with Crippen LogP contribution in [0.25, 0.3) is 6.08 Å². The maximum absolute atomic E-state index is 13.7. The smallest absolute Gasteiger partial charge is 0.338 e. The number of carbonyl (C=O) groups is 1. The zero-order valence-corrected chi connectivity index (χ0v) is 24.9. The Morgan fingerprint density at radius 3 is 2.67 bits per heavy atom. The topological polar surface area (TPSA) is 79.1 Å². The van der Waals surface area contributed by atoms with Crippen LogP contribution in [0.2, 0.25) is 10.0 Å². The molecule has 7 nitrogen and oxygen atoms in total. The van der Waals surface area contributed by atoms with Crippen LogP contribution in [0.15, 0.2) is 75.0 Å². The first-order chi connectivity index (χ1) is 19.3. The molecule has 0 amide bonds. The molecule has 0 saturated heterocycles. The molecule has 1 aliphatic heterocycles. The fourth-order valence-electron chi connectivity index (χ4n) is 4.35. The highest BCUT2D eigenvalue weighted by molar-refractivity contribution is 7.10. The number of thiophene rings is 1. The van der Waals surface area contributed by atoms with Crippen LogP contribution >= 0.6 is 45.9 Å². The van der Waals surface area contributed by atoms with Crippen LogP contribution < -0.4 is 24.4 Å². The summed E-state index contributed by atoms with van der Waals surface area (Å²) in [5.41, 5.74) is 2.19. The Bertz CT molecular complexity index is 1790. The van der Waals surface area contributed by atoms with Crippen LogP contribution in [-0.4, -0.2) is 24.3 Å². The Hall–Kier alpha value is -3.37. The summed E-state index contributed by atoms with van der Waals surface area (Å²) < 4.78 is 18.9. The van der Waals surface area contributed by atoms with Gasteiger partial charge in [-0.3, -0.25) is 9.36 Å². The Labute approximate surface area is 248 Å². The minimum absolute atomic E-state index is 0.228. The van der Waals surface area contributed by atoms with Gasteiger partial charge in [-0.15, -0.1) is 11.3 Å². The third-order valence-corrected chi connectivity index (χ3v) is 8.71. The molecule has 2 aromatic carbocycles. The summed E-state index contributed by atoms with van der Waals surface area (Å²) in [6.45, 7) is 3.98. The van der Waals surface area contributed by atoms with Crippen LogP contribution in [-0.2, 0) is 16.1 Å². The van der Waals surface area contributed by atoms with E-state index < -0.39 is 12.0 Å². The van der Waals surface area contributed by atoms with Crippen molar-refractivity contribution in [1.82, 2.24) is 4.57 Å². The monoisotopic (exact) mass is 614 g/mol. The number of esters is 1. The number of allylic oxidation sites excluding steroid dienone is 1. The van der Waals surface area contributed by atoms with Gasteiger partial charge in [-0.1, -0.05) is 52.7 Å². The number of halogens is 2. The lowest BCUT2D eigenvalue weighted by Gasteiger charge is -2.23. The van der Waals surface area contributed by atoms with E-state index >= 15 is 0 Å². The van der Waals surface area contributed by atoms with Crippen molar-refractivity contribution in [1.29, 1.82) is 0 Å². The van der Waals surface area contributed by atoms with Crippen molar-refractivity contribution in [3.63, 3.8) is 0 Å². The van der Waals surface area contributed by atoms with E-state index in [4.69, 9.17) is 37.4 Å². The number of benzene rings is 2. The van der Waals surface area contributed by atoms with Gasteiger partial charge in [-0.05, 0) is 61.2 Å². The predicted molar refractivity (Wildman–Crippen MR) is 159 cm³/mol. The van der Waals surface area contributed by atoms with Crippen molar-refractivity contribution in [2.24, 2.45) is 4.99 Å². The van der Waals surface area contributed by atoms with Crippen molar-refractivity contribution in [2.75, 3.05) is 13.7 Å². The second kappa shape index (κ2) is 12.0. The van der Waals surface area contributed by atoms with E-state index in [1.54, 1.807) is 55.9 Å². The Morgan fingerprint density at radius 1 is 1.15 bits per heavy atom. The first-order valence-corrected chi connectivity index (χ1v) is 14.7. The van der Waals surface area contributed by atoms with Gasteiger partial charge in [0.1, 0.15) is 12.6 Å². The number of methoxy groups -OCH3 is 1. The molecular weight excluding hydrogens is 591 g/mol. The van der Waals surface area contributed by atoms with Gasteiger partial charge in [-0.2, -0.15) is 0 Å². The van der Waals surface area contributed by atoms with Gasteiger partial charge in [0, 0.05) is 20.5 Å². The fraction of sp³-hybridized carbons (Fsp3) is 0.207. The maximum Gasteiger partial charge on any atom is 0.338 e. The van der Waals surface area contributed by atoms with Gasteiger partial charge in [0.15, 0.2) is 16.3 Å². The summed E-state index contributed by atoms with van der Waals surface area (Å²) in [5.74, 6) is 0.555. The number of aromatic nitrogens is 1. The van der Waals surface area contributed by atoms with Crippen LogP contribution in [0.1, 0.15) is 35.9 Å². The second-order valence-electron chi connectivity index (χ2n) is 8.75. The standard InChI is InChI=1S/C29H24Cl2N2O5S2/c1-4-37-28(35)25-16(2)32-29-33(26(25)23-6-5-11-39-23)27(34)24(40-29)13-17-7-10-21(22(12-17)36-3)38-15-18-8-9-19(30)14-20(18)31/h5-14,26H,4,15H2,1-3H3/b24-13-/t26-/m1/s1. The first kappa shape index (κ1) is 28.2. The highest BCUT2D eigenvalue weighted by Crippen LogP contribution is 2.33. The van der Waals surface area contributed by atoms with E-state index in [0.717, 1.165) is 16.0 Å². The van der Waals surface area contributed by atoms with Crippen LogP contribution in [0, 0.1) is 0 Å². The molecule has 0 fully saturated rings. The largest absolute Gasteiger partial charge is 0.493 e. The minimum atomic E-state index is -0.609. The molecule has 0 spiro atoms. The van der Waals surface area contributed by atoms with Crippen molar-refractivity contribution < 1.29 is 19.0 Å². The predicted octanol–water partition coefficient (Wildman–Crippen LogP) is 5.75. The fourth-order valence-corrected chi connectivity index (χ4v) is 6.68. The number of fused-ring (bicyclic) bond motifs is 1. The van der Waals surface area contributed by atoms with Crippen molar-refractivity contribution in [2.45, 2.75) is 26.5 Å². The average Bonchev–Trinajstić information content (AvgIpc) is 3.56. The third-order valence-electron chi connectivity index (χ3n) is 6.21. The quantitative estimate of drug-likeness (QED) is 0.236. The van der Waals surface area contributed by atoms with Crippen LogP contribution in [0.3, 0.4) is 0 Å². The molecule has 0 N–H and O–H groups in total. The summed E-state index contributed by atoms with van der Waals surface area (Å²) in [4.78, 5) is 32.6. The lowest BCUT2D eigenvalue weighted by Crippen LogP contribution is -2.39. The Kier molecular flexibility index (Phi) is 8.46. The van der Waals surface area contributed by atoms with Crippen molar-refractivity contribution in [3.05, 3.63) is 111 Å². The number of nitrogens with zero attached hydrogens (tertiary/aromatic N) is 2. The number of ether oxygens (including phenoxy) is 3. The highest BCUT2D eigenvalue weighted by atomic mass is 35.5. The number of rotatable bonds is 8. The Balaban J connectivity index is 1.51. The van der Waals surface area contributed by atoms with Crippen molar-refractivity contribution >= 4 is 57.9 Å². The summed E-state index contributed by atoms with van der Waals surface area (Å²) in [7, 11) is 1.55. The van der Waals surface area contributed by atoms with Gasteiger partial charge in [-0.25, -0.2) is 9.79 Å². The molecule has 1 aliphatic rings. The highest BCUT2D eigenvalue weighted by Gasteiger charge is 2.33. The number of hydrogen-bond donors (Lipinski definition) is 0. The molecule has 0 unspecified atom stereocenters. The molecule has 11 heteroatoms. The zero-order chi connectivity index (χ0) is 28.4. The van der Waals surface area contributed by atoms with Crippen molar-refractivity contribution in [3.8, 4) is 11.5 Å². The van der Waals surface area contributed by atoms with E-state index in [-0.39, 0.29) is 18.8 Å². The molecule has 0 bridgehead atoms. The van der Waals surface area contributed by atoms with Gasteiger partial charge in [0.2, 0.25) is 0 Å². The molecule has 1 atom stereocenters.